The molecule has 2 heteroatoms. The Morgan fingerprint density at radius 3 is 2.75 bits per heavy atom. The van der Waals surface area contributed by atoms with Gasteiger partial charge in [-0.2, -0.15) is 0 Å². The van der Waals surface area contributed by atoms with Crippen molar-refractivity contribution in [2.24, 2.45) is 17.6 Å². The van der Waals surface area contributed by atoms with E-state index in [1.54, 1.807) is 7.11 Å². The Morgan fingerprint density at radius 2 is 2.33 bits per heavy atom. The molecule has 2 N–H and O–H groups in total. The van der Waals surface area contributed by atoms with Crippen LogP contribution in [0.25, 0.3) is 0 Å². The number of hydrogen-bond donors (Lipinski definition) is 1. The van der Waals surface area contributed by atoms with Crippen LogP contribution in [0.15, 0.2) is 0 Å². The average Bonchev–Trinajstić information content (AvgIpc) is 2.34. The fourth-order valence-corrected chi connectivity index (χ4v) is 2.37. The van der Waals surface area contributed by atoms with Gasteiger partial charge in [0.1, 0.15) is 0 Å². The first-order valence-electron chi connectivity index (χ1n) is 4.89. The third-order valence-electron chi connectivity index (χ3n) is 3.50. The smallest absolute Gasteiger partial charge is 0.0505 e. The Labute approximate surface area is 75.5 Å². The molecule has 1 aliphatic carbocycles. The summed E-state index contributed by atoms with van der Waals surface area (Å²) < 4.78 is 5.15. The fourth-order valence-electron chi connectivity index (χ4n) is 2.37. The van der Waals surface area contributed by atoms with Crippen molar-refractivity contribution in [3.63, 3.8) is 0 Å². The molecule has 1 fully saturated rings. The van der Waals surface area contributed by atoms with Crippen molar-refractivity contribution in [2.75, 3.05) is 13.7 Å². The van der Waals surface area contributed by atoms with Crippen molar-refractivity contribution in [1.82, 2.24) is 0 Å². The highest BCUT2D eigenvalue weighted by atomic mass is 16.5. The van der Waals surface area contributed by atoms with Gasteiger partial charge in [-0.1, -0.05) is 20.3 Å². The van der Waals surface area contributed by atoms with Crippen molar-refractivity contribution in [1.29, 1.82) is 0 Å². The second-order valence-electron chi connectivity index (χ2n) is 4.26. The van der Waals surface area contributed by atoms with Gasteiger partial charge in [-0.05, 0) is 24.7 Å². The first-order chi connectivity index (χ1) is 5.61. The zero-order chi connectivity index (χ0) is 9.19. The first kappa shape index (κ1) is 10.0. The van der Waals surface area contributed by atoms with Gasteiger partial charge in [0.2, 0.25) is 0 Å². The van der Waals surface area contributed by atoms with Crippen LogP contribution in [0.1, 0.15) is 33.1 Å². The Hall–Kier alpha value is -0.0800. The highest BCUT2D eigenvalue weighted by Crippen LogP contribution is 2.38. The minimum atomic E-state index is 0.0377. The lowest BCUT2D eigenvalue weighted by atomic mass is 9.79. The van der Waals surface area contributed by atoms with E-state index in [4.69, 9.17) is 10.5 Å². The number of ether oxygens (including phenoxy) is 1. The zero-order valence-corrected chi connectivity index (χ0v) is 8.47. The largest absolute Gasteiger partial charge is 0.384 e. The molecule has 0 aromatic rings. The monoisotopic (exact) mass is 171 g/mol. The second-order valence-corrected chi connectivity index (χ2v) is 4.26. The quantitative estimate of drug-likeness (QED) is 0.702. The molecule has 0 saturated heterocycles. The Balaban J connectivity index is 2.56. The summed E-state index contributed by atoms with van der Waals surface area (Å²) in [6, 6.07) is 0. The van der Waals surface area contributed by atoms with E-state index in [0.717, 1.165) is 6.61 Å². The lowest BCUT2D eigenvalue weighted by Crippen LogP contribution is -2.49. The number of rotatable bonds is 3. The first-order valence-corrected chi connectivity index (χ1v) is 4.89. The van der Waals surface area contributed by atoms with Crippen LogP contribution in [0.2, 0.25) is 0 Å². The second kappa shape index (κ2) is 3.75. The molecular formula is C10H21NO. The highest BCUT2D eigenvalue weighted by Gasteiger charge is 2.40. The lowest BCUT2D eigenvalue weighted by molar-refractivity contribution is 0.0999. The van der Waals surface area contributed by atoms with Crippen molar-refractivity contribution < 1.29 is 4.74 Å². The van der Waals surface area contributed by atoms with Crippen LogP contribution in [-0.4, -0.2) is 19.3 Å². The van der Waals surface area contributed by atoms with E-state index in [9.17, 15) is 0 Å². The molecule has 0 radical (unpaired) electrons. The van der Waals surface area contributed by atoms with Crippen LogP contribution < -0.4 is 5.73 Å². The summed E-state index contributed by atoms with van der Waals surface area (Å²) in [5, 5.41) is 0. The zero-order valence-electron chi connectivity index (χ0n) is 8.47. The van der Waals surface area contributed by atoms with E-state index < -0.39 is 0 Å². The van der Waals surface area contributed by atoms with Gasteiger partial charge in [-0.25, -0.2) is 0 Å². The summed E-state index contributed by atoms with van der Waals surface area (Å²) in [6.45, 7) is 5.26. The predicted molar refractivity (Wildman–Crippen MR) is 51.0 cm³/mol. The summed E-state index contributed by atoms with van der Waals surface area (Å²) in [5.74, 6) is 1.14. The average molecular weight is 171 g/mol. The van der Waals surface area contributed by atoms with Gasteiger partial charge in [0.15, 0.2) is 0 Å². The molecule has 12 heavy (non-hydrogen) atoms. The Kier molecular flexibility index (Phi) is 3.13. The van der Waals surface area contributed by atoms with Crippen molar-refractivity contribution in [3.05, 3.63) is 0 Å². The van der Waals surface area contributed by atoms with Crippen LogP contribution in [-0.2, 0) is 4.74 Å². The Morgan fingerprint density at radius 1 is 1.67 bits per heavy atom. The van der Waals surface area contributed by atoms with Crippen LogP contribution in [0.4, 0.5) is 0 Å². The molecule has 3 atom stereocenters. The summed E-state index contributed by atoms with van der Waals surface area (Å²) in [5.41, 5.74) is 6.39. The molecule has 0 spiro atoms. The molecule has 0 aromatic carbocycles. The minimum Gasteiger partial charge on any atom is -0.384 e. The van der Waals surface area contributed by atoms with Crippen LogP contribution in [0, 0.1) is 11.8 Å². The molecule has 1 aliphatic rings. The molecule has 1 saturated carbocycles. The van der Waals surface area contributed by atoms with Crippen molar-refractivity contribution in [3.8, 4) is 0 Å². The number of hydrogen-bond acceptors (Lipinski definition) is 2. The molecule has 3 unspecified atom stereocenters. The van der Waals surface area contributed by atoms with Gasteiger partial charge in [-0.3, -0.25) is 0 Å². The van der Waals surface area contributed by atoms with Gasteiger partial charge < -0.3 is 10.5 Å². The molecule has 0 heterocycles. The van der Waals surface area contributed by atoms with E-state index in [-0.39, 0.29) is 5.54 Å². The maximum Gasteiger partial charge on any atom is 0.0505 e. The van der Waals surface area contributed by atoms with Gasteiger partial charge >= 0.3 is 0 Å². The van der Waals surface area contributed by atoms with Crippen LogP contribution >= 0.6 is 0 Å². The molecule has 2 nitrogen and oxygen atoms in total. The normalized spacial score (nSPS) is 38.5. The van der Waals surface area contributed by atoms with E-state index >= 15 is 0 Å². The molecule has 0 bridgehead atoms. The van der Waals surface area contributed by atoms with E-state index in [1.165, 1.54) is 19.3 Å². The van der Waals surface area contributed by atoms with Gasteiger partial charge in [0.25, 0.3) is 0 Å². The molecule has 1 rings (SSSR count). The van der Waals surface area contributed by atoms with Crippen LogP contribution in [0.3, 0.4) is 0 Å². The summed E-state index contributed by atoms with van der Waals surface area (Å²) in [6.07, 6.45) is 3.73. The third-order valence-corrected chi connectivity index (χ3v) is 3.50. The minimum absolute atomic E-state index is 0.0377. The summed E-state index contributed by atoms with van der Waals surface area (Å²) in [4.78, 5) is 0. The van der Waals surface area contributed by atoms with Crippen molar-refractivity contribution in [2.45, 2.75) is 38.6 Å². The Bertz CT molecular complexity index is 149. The summed E-state index contributed by atoms with van der Waals surface area (Å²) >= 11 is 0. The molecular weight excluding hydrogens is 150 g/mol. The SMILES string of the molecule is COCC(C)C1(N)CCCC1C. The molecule has 72 valence electrons. The highest BCUT2D eigenvalue weighted by molar-refractivity contribution is 4.97. The lowest BCUT2D eigenvalue weighted by Gasteiger charge is -2.35. The van der Waals surface area contributed by atoms with Crippen molar-refractivity contribution >= 4 is 0 Å². The maximum absolute atomic E-state index is 6.35. The number of methoxy groups -OCH3 is 1. The molecule has 0 amide bonds. The van der Waals surface area contributed by atoms with Gasteiger partial charge in [0, 0.05) is 12.6 Å². The predicted octanol–water partition coefficient (Wildman–Crippen LogP) is 1.79. The van der Waals surface area contributed by atoms with Gasteiger partial charge in [0.05, 0.1) is 6.61 Å². The summed E-state index contributed by atoms with van der Waals surface area (Å²) in [7, 11) is 1.75. The molecule has 0 aliphatic heterocycles. The molecule has 0 aromatic heterocycles. The number of nitrogens with two attached hydrogens (primary N) is 1. The third kappa shape index (κ3) is 1.64. The van der Waals surface area contributed by atoms with E-state index in [2.05, 4.69) is 13.8 Å². The maximum atomic E-state index is 6.35. The van der Waals surface area contributed by atoms with Gasteiger partial charge in [-0.15, -0.1) is 0 Å². The topological polar surface area (TPSA) is 35.2 Å². The van der Waals surface area contributed by atoms with Crippen LogP contribution in [0.5, 0.6) is 0 Å². The standard InChI is InChI=1S/C10H21NO/c1-8-5-4-6-10(8,11)9(2)7-12-3/h8-9H,4-7,11H2,1-3H3. The van der Waals surface area contributed by atoms with E-state index in [1.807, 2.05) is 0 Å². The van der Waals surface area contributed by atoms with E-state index in [0.29, 0.717) is 11.8 Å². The fraction of sp³-hybridized carbons (Fsp3) is 1.00.